The highest BCUT2D eigenvalue weighted by Gasteiger charge is 2.23. The molecule has 0 aromatic heterocycles. The summed E-state index contributed by atoms with van der Waals surface area (Å²) in [5, 5.41) is 9.38. The fourth-order valence-electron chi connectivity index (χ4n) is 2.66. The molecule has 21 heavy (non-hydrogen) atoms. The van der Waals surface area contributed by atoms with Crippen LogP contribution in [0.4, 0.5) is 5.69 Å². The van der Waals surface area contributed by atoms with Gasteiger partial charge in [-0.15, -0.1) is 0 Å². The molecule has 0 bridgehead atoms. The first kappa shape index (κ1) is 16.1. The third kappa shape index (κ3) is 4.61. The molecule has 0 saturated heterocycles. The fourth-order valence-corrected chi connectivity index (χ4v) is 4.37. The Bertz CT molecular complexity index is 624. The zero-order chi connectivity index (χ0) is 15.5. The number of carboxylic acid groups (broad SMARTS) is 1. The summed E-state index contributed by atoms with van der Waals surface area (Å²) in [7, 11) is -3.58. The second-order valence-electron chi connectivity index (χ2n) is 5.38. The standard InChI is InChI=1S/C14H18ClNO4S/c15-11-6-7-12(14(17)18)13(8-11)16-21(19,20)9-10-4-2-1-3-5-10/h6-8,10,16H,1-5,9H2,(H,17,18). The molecule has 2 rings (SSSR count). The summed E-state index contributed by atoms with van der Waals surface area (Å²) in [6, 6.07) is 4.04. The van der Waals surface area contributed by atoms with E-state index in [1.165, 1.54) is 18.2 Å². The van der Waals surface area contributed by atoms with E-state index >= 15 is 0 Å². The Morgan fingerprint density at radius 2 is 1.95 bits per heavy atom. The molecular formula is C14H18ClNO4S. The van der Waals surface area contributed by atoms with Crippen LogP contribution in [0.2, 0.25) is 5.02 Å². The van der Waals surface area contributed by atoms with Crippen LogP contribution >= 0.6 is 11.6 Å². The minimum absolute atomic E-state index is 0.0193. The van der Waals surface area contributed by atoms with E-state index < -0.39 is 16.0 Å². The van der Waals surface area contributed by atoms with Crippen molar-refractivity contribution in [1.82, 2.24) is 0 Å². The summed E-state index contributed by atoms with van der Waals surface area (Å²) in [6.45, 7) is 0. The van der Waals surface area contributed by atoms with Gasteiger partial charge in [-0.1, -0.05) is 30.9 Å². The van der Waals surface area contributed by atoms with Crippen molar-refractivity contribution >= 4 is 33.3 Å². The van der Waals surface area contributed by atoms with E-state index in [0.717, 1.165) is 32.1 Å². The SMILES string of the molecule is O=C(O)c1ccc(Cl)cc1NS(=O)(=O)CC1CCCCC1. The minimum atomic E-state index is -3.58. The maximum Gasteiger partial charge on any atom is 0.337 e. The molecule has 2 N–H and O–H groups in total. The zero-order valence-electron chi connectivity index (χ0n) is 11.5. The van der Waals surface area contributed by atoms with E-state index in [1.807, 2.05) is 0 Å². The molecule has 0 amide bonds. The molecule has 0 atom stereocenters. The molecule has 1 aromatic carbocycles. The van der Waals surface area contributed by atoms with Gasteiger partial charge in [0, 0.05) is 5.02 Å². The quantitative estimate of drug-likeness (QED) is 0.866. The lowest BCUT2D eigenvalue weighted by molar-refractivity contribution is 0.0698. The van der Waals surface area contributed by atoms with Gasteiger partial charge in [-0.05, 0) is 37.0 Å². The summed E-state index contributed by atoms with van der Waals surface area (Å²) in [4.78, 5) is 11.1. The Balaban J connectivity index is 2.15. The Labute approximate surface area is 129 Å². The second-order valence-corrected chi connectivity index (χ2v) is 7.59. The van der Waals surface area contributed by atoms with Crippen LogP contribution in [0.15, 0.2) is 18.2 Å². The van der Waals surface area contributed by atoms with E-state index in [0.29, 0.717) is 0 Å². The molecule has 1 aromatic rings. The average Bonchev–Trinajstić information content (AvgIpc) is 2.38. The lowest BCUT2D eigenvalue weighted by Gasteiger charge is -2.21. The summed E-state index contributed by atoms with van der Waals surface area (Å²) in [5.74, 6) is -1.02. The third-order valence-electron chi connectivity index (χ3n) is 3.66. The van der Waals surface area contributed by atoms with Gasteiger partial charge in [0.2, 0.25) is 10.0 Å². The minimum Gasteiger partial charge on any atom is -0.478 e. The number of hydrogen-bond acceptors (Lipinski definition) is 3. The van der Waals surface area contributed by atoms with Crippen molar-refractivity contribution in [3.63, 3.8) is 0 Å². The van der Waals surface area contributed by atoms with Crippen molar-refractivity contribution in [2.45, 2.75) is 32.1 Å². The van der Waals surface area contributed by atoms with Crippen molar-refractivity contribution < 1.29 is 18.3 Å². The van der Waals surface area contributed by atoms with E-state index in [9.17, 15) is 13.2 Å². The Hall–Kier alpha value is -1.27. The van der Waals surface area contributed by atoms with Gasteiger partial charge in [-0.2, -0.15) is 0 Å². The molecule has 116 valence electrons. The van der Waals surface area contributed by atoms with Crippen molar-refractivity contribution in [2.24, 2.45) is 5.92 Å². The predicted molar refractivity (Wildman–Crippen MR) is 82.4 cm³/mol. The first-order valence-corrected chi connectivity index (χ1v) is 8.94. The Morgan fingerprint density at radius 1 is 1.29 bits per heavy atom. The fraction of sp³-hybridized carbons (Fsp3) is 0.500. The lowest BCUT2D eigenvalue weighted by atomic mass is 9.91. The van der Waals surface area contributed by atoms with Crippen LogP contribution in [0, 0.1) is 5.92 Å². The number of sulfonamides is 1. The van der Waals surface area contributed by atoms with Crippen molar-refractivity contribution in [1.29, 1.82) is 0 Å². The molecule has 0 spiro atoms. The molecule has 1 fully saturated rings. The maximum atomic E-state index is 12.2. The Morgan fingerprint density at radius 3 is 2.57 bits per heavy atom. The van der Waals surface area contributed by atoms with Crippen LogP contribution in [-0.2, 0) is 10.0 Å². The number of carbonyl (C=O) groups is 1. The van der Waals surface area contributed by atoms with Gasteiger partial charge in [0.25, 0.3) is 0 Å². The van der Waals surface area contributed by atoms with Crippen molar-refractivity contribution in [3.8, 4) is 0 Å². The van der Waals surface area contributed by atoms with E-state index in [4.69, 9.17) is 16.7 Å². The monoisotopic (exact) mass is 331 g/mol. The third-order valence-corrected chi connectivity index (χ3v) is 5.33. The number of carboxylic acids is 1. The summed E-state index contributed by atoms with van der Waals surface area (Å²) < 4.78 is 26.8. The molecule has 0 heterocycles. The molecule has 1 aliphatic rings. The van der Waals surface area contributed by atoms with Gasteiger partial charge in [-0.3, -0.25) is 4.72 Å². The number of hydrogen-bond donors (Lipinski definition) is 2. The molecule has 7 heteroatoms. The highest BCUT2D eigenvalue weighted by Crippen LogP contribution is 2.27. The number of anilines is 1. The number of halogens is 1. The van der Waals surface area contributed by atoms with Gasteiger partial charge in [-0.25, -0.2) is 13.2 Å². The molecule has 0 aliphatic heterocycles. The number of benzene rings is 1. The summed E-state index contributed by atoms with van der Waals surface area (Å²) >= 11 is 5.81. The first-order valence-electron chi connectivity index (χ1n) is 6.91. The van der Waals surface area contributed by atoms with Gasteiger partial charge >= 0.3 is 5.97 Å². The number of rotatable bonds is 5. The van der Waals surface area contributed by atoms with Crippen LogP contribution in [0.5, 0.6) is 0 Å². The number of aromatic carboxylic acids is 1. The maximum absolute atomic E-state index is 12.2. The summed E-state index contributed by atoms with van der Waals surface area (Å²) in [5.41, 5.74) is -0.0857. The van der Waals surface area contributed by atoms with Gasteiger partial charge in [0.1, 0.15) is 0 Å². The highest BCUT2D eigenvalue weighted by molar-refractivity contribution is 7.92. The van der Waals surface area contributed by atoms with Crippen LogP contribution in [0.3, 0.4) is 0 Å². The van der Waals surface area contributed by atoms with E-state index in [2.05, 4.69) is 4.72 Å². The van der Waals surface area contributed by atoms with Crippen molar-refractivity contribution in [2.75, 3.05) is 10.5 Å². The molecule has 1 aliphatic carbocycles. The molecule has 0 radical (unpaired) electrons. The van der Waals surface area contributed by atoms with Crippen LogP contribution in [0.25, 0.3) is 0 Å². The normalized spacial score (nSPS) is 16.6. The number of nitrogens with one attached hydrogen (secondary N) is 1. The van der Waals surface area contributed by atoms with Gasteiger partial charge in [0.15, 0.2) is 0 Å². The first-order chi connectivity index (χ1) is 9.87. The van der Waals surface area contributed by atoms with Crippen LogP contribution in [0.1, 0.15) is 42.5 Å². The van der Waals surface area contributed by atoms with E-state index in [1.54, 1.807) is 0 Å². The molecule has 1 saturated carbocycles. The molecule has 5 nitrogen and oxygen atoms in total. The van der Waals surface area contributed by atoms with Crippen molar-refractivity contribution in [3.05, 3.63) is 28.8 Å². The predicted octanol–water partition coefficient (Wildman–Crippen LogP) is 3.36. The molecular weight excluding hydrogens is 314 g/mol. The molecule has 0 unspecified atom stereocenters. The smallest absolute Gasteiger partial charge is 0.337 e. The topological polar surface area (TPSA) is 83.5 Å². The van der Waals surface area contributed by atoms with Crippen LogP contribution < -0.4 is 4.72 Å². The van der Waals surface area contributed by atoms with E-state index in [-0.39, 0.29) is 27.9 Å². The zero-order valence-corrected chi connectivity index (χ0v) is 13.1. The highest BCUT2D eigenvalue weighted by atomic mass is 35.5. The second kappa shape index (κ2) is 6.66. The lowest BCUT2D eigenvalue weighted by Crippen LogP contribution is -2.25. The largest absolute Gasteiger partial charge is 0.478 e. The van der Waals surface area contributed by atoms with Gasteiger partial charge < -0.3 is 5.11 Å². The van der Waals surface area contributed by atoms with Crippen LogP contribution in [-0.4, -0.2) is 25.2 Å². The van der Waals surface area contributed by atoms with Gasteiger partial charge in [0.05, 0.1) is 17.0 Å². The average molecular weight is 332 g/mol. The Kier molecular flexibility index (Phi) is 5.11. The summed E-state index contributed by atoms with van der Waals surface area (Å²) in [6.07, 6.45) is 5.07.